The van der Waals surface area contributed by atoms with Crippen molar-refractivity contribution in [2.45, 2.75) is 19.8 Å². The molecule has 0 unspecified atom stereocenters. The van der Waals surface area contributed by atoms with Gasteiger partial charge in [-0.2, -0.15) is 0 Å². The van der Waals surface area contributed by atoms with Gasteiger partial charge in [-0.1, -0.05) is 30.7 Å². The number of carbonyl (C=O) groups is 1. The molecule has 1 amide bonds. The molecule has 0 aliphatic carbocycles. The van der Waals surface area contributed by atoms with Crippen LogP contribution in [0.4, 0.5) is 5.69 Å². The molecule has 19 heavy (non-hydrogen) atoms. The Labute approximate surface area is 119 Å². The first-order chi connectivity index (χ1) is 9.17. The summed E-state index contributed by atoms with van der Waals surface area (Å²) in [5.74, 6) is -0.0628. The Morgan fingerprint density at radius 1 is 1.32 bits per heavy atom. The molecule has 0 spiro atoms. The van der Waals surface area contributed by atoms with E-state index in [1.807, 2.05) is 12.1 Å². The van der Waals surface area contributed by atoms with E-state index in [1.165, 1.54) is 0 Å². The maximum absolute atomic E-state index is 11.8. The topological polar surface area (TPSA) is 52.6 Å². The Bertz CT molecular complexity index is 393. The molecular formula is C14H21ClN2O2. The van der Waals surface area contributed by atoms with Gasteiger partial charge < -0.3 is 15.3 Å². The van der Waals surface area contributed by atoms with Gasteiger partial charge in [-0.3, -0.25) is 4.79 Å². The summed E-state index contributed by atoms with van der Waals surface area (Å²) in [7, 11) is 0. The summed E-state index contributed by atoms with van der Waals surface area (Å²) in [5.41, 5.74) is 0.637. The lowest BCUT2D eigenvalue weighted by Gasteiger charge is -2.20. The van der Waals surface area contributed by atoms with Crippen molar-refractivity contribution in [2.75, 3.05) is 31.6 Å². The largest absolute Gasteiger partial charge is 0.395 e. The second kappa shape index (κ2) is 8.91. The third-order valence-electron chi connectivity index (χ3n) is 2.76. The molecule has 5 heteroatoms. The number of anilines is 1. The van der Waals surface area contributed by atoms with Gasteiger partial charge in [0.1, 0.15) is 0 Å². The van der Waals surface area contributed by atoms with Crippen LogP contribution >= 0.6 is 11.6 Å². The summed E-state index contributed by atoms with van der Waals surface area (Å²) in [6.45, 7) is 4.33. The number of aliphatic hydroxyl groups is 1. The number of hydrogen-bond donors (Lipinski definition) is 2. The summed E-state index contributed by atoms with van der Waals surface area (Å²) in [5, 5.41) is 12.3. The summed E-state index contributed by atoms with van der Waals surface area (Å²) >= 11 is 5.97. The van der Waals surface area contributed by atoms with Gasteiger partial charge in [0.15, 0.2) is 0 Å². The van der Waals surface area contributed by atoms with Crippen molar-refractivity contribution < 1.29 is 9.90 Å². The zero-order valence-electron chi connectivity index (χ0n) is 11.2. The van der Waals surface area contributed by atoms with Crippen molar-refractivity contribution in [3.8, 4) is 0 Å². The normalized spacial score (nSPS) is 10.7. The molecule has 0 heterocycles. The average molecular weight is 285 g/mol. The SMILES string of the molecule is CCCN(CCO)CCC(=O)Nc1ccccc1Cl. The average Bonchev–Trinajstić information content (AvgIpc) is 2.39. The molecule has 0 aliphatic heterocycles. The highest BCUT2D eigenvalue weighted by atomic mass is 35.5. The number of aliphatic hydroxyl groups excluding tert-OH is 1. The highest BCUT2D eigenvalue weighted by Gasteiger charge is 2.08. The van der Waals surface area contributed by atoms with Crippen LogP contribution in [0, 0.1) is 0 Å². The van der Waals surface area contributed by atoms with Crippen LogP contribution in [0.25, 0.3) is 0 Å². The first-order valence-corrected chi connectivity index (χ1v) is 6.92. The molecular weight excluding hydrogens is 264 g/mol. The van der Waals surface area contributed by atoms with Crippen LogP contribution in [0.5, 0.6) is 0 Å². The number of hydrogen-bond acceptors (Lipinski definition) is 3. The van der Waals surface area contributed by atoms with E-state index in [0.717, 1.165) is 13.0 Å². The van der Waals surface area contributed by atoms with Gasteiger partial charge in [0, 0.05) is 19.5 Å². The molecule has 1 aromatic carbocycles. The quantitative estimate of drug-likeness (QED) is 0.771. The zero-order valence-corrected chi connectivity index (χ0v) is 12.0. The van der Waals surface area contributed by atoms with E-state index in [-0.39, 0.29) is 12.5 Å². The van der Waals surface area contributed by atoms with E-state index in [9.17, 15) is 4.79 Å². The number of amides is 1. The van der Waals surface area contributed by atoms with Crippen molar-refractivity contribution in [1.29, 1.82) is 0 Å². The Morgan fingerprint density at radius 2 is 2.05 bits per heavy atom. The van der Waals surface area contributed by atoms with Crippen molar-refractivity contribution in [1.82, 2.24) is 4.90 Å². The van der Waals surface area contributed by atoms with Gasteiger partial charge in [-0.05, 0) is 25.1 Å². The monoisotopic (exact) mass is 284 g/mol. The smallest absolute Gasteiger partial charge is 0.225 e. The predicted octanol–water partition coefficient (Wildman–Crippen LogP) is 2.37. The summed E-state index contributed by atoms with van der Waals surface area (Å²) in [6, 6.07) is 7.17. The molecule has 0 fully saturated rings. The van der Waals surface area contributed by atoms with Gasteiger partial charge in [-0.25, -0.2) is 0 Å². The van der Waals surface area contributed by atoms with Crippen LogP contribution in [-0.2, 0) is 4.79 Å². The van der Waals surface area contributed by atoms with E-state index in [0.29, 0.717) is 30.2 Å². The number of para-hydroxylation sites is 1. The molecule has 0 saturated carbocycles. The third kappa shape index (κ3) is 6.05. The van der Waals surface area contributed by atoms with Gasteiger partial charge in [0.2, 0.25) is 5.91 Å². The lowest BCUT2D eigenvalue weighted by Crippen LogP contribution is -2.31. The lowest BCUT2D eigenvalue weighted by molar-refractivity contribution is -0.116. The van der Waals surface area contributed by atoms with Crippen LogP contribution in [0.3, 0.4) is 0 Å². The minimum absolute atomic E-state index is 0.0628. The number of nitrogens with zero attached hydrogens (tertiary/aromatic N) is 1. The van der Waals surface area contributed by atoms with Crippen LogP contribution in [0.2, 0.25) is 5.02 Å². The van der Waals surface area contributed by atoms with Gasteiger partial charge in [0.25, 0.3) is 0 Å². The first kappa shape index (κ1) is 16.0. The van der Waals surface area contributed by atoms with Gasteiger partial charge >= 0.3 is 0 Å². The van der Waals surface area contributed by atoms with E-state index in [1.54, 1.807) is 12.1 Å². The fourth-order valence-corrected chi connectivity index (χ4v) is 2.01. The summed E-state index contributed by atoms with van der Waals surface area (Å²) < 4.78 is 0. The number of nitrogens with one attached hydrogen (secondary N) is 1. The first-order valence-electron chi connectivity index (χ1n) is 6.55. The van der Waals surface area contributed by atoms with Crippen molar-refractivity contribution in [2.24, 2.45) is 0 Å². The Hall–Kier alpha value is -1.10. The maximum atomic E-state index is 11.8. The van der Waals surface area contributed by atoms with E-state index < -0.39 is 0 Å². The minimum Gasteiger partial charge on any atom is -0.395 e. The maximum Gasteiger partial charge on any atom is 0.225 e. The predicted molar refractivity (Wildman–Crippen MR) is 78.5 cm³/mol. The molecule has 0 atom stereocenters. The van der Waals surface area contributed by atoms with Gasteiger partial charge in [0.05, 0.1) is 17.3 Å². The van der Waals surface area contributed by atoms with Crippen molar-refractivity contribution in [3.05, 3.63) is 29.3 Å². The van der Waals surface area contributed by atoms with Crippen LogP contribution in [0.1, 0.15) is 19.8 Å². The molecule has 0 aromatic heterocycles. The fourth-order valence-electron chi connectivity index (χ4n) is 1.83. The summed E-state index contributed by atoms with van der Waals surface area (Å²) in [6.07, 6.45) is 1.40. The fraction of sp³-hybridized carbons (Fsp3) is 0.500. The van der Waals surface area contributed by atoms with E-state index >= 15 is 0 Å². The molecule has 0 radical (unpaired) electrons. The van der Waals surface area contributed by atoms with Gasteiger partial charge in [-0.15, -0.1) is 0 Å². The molecule has 4 nitrogen and oxygen atoms in total. The Kier molecular flexibility index (Phi) is 7.48. The summed E-state index contributed by atoms with van der Waals surface area (Å²) in [4.78, 5) is 13.9. The second-order valence-electron chi connectivity index (χ2n) is 4.34. The molecule has 0 saturated heterocycles. The van der Waals surface area contributed by atoms with Crippen molar-refractivity contribution in [3.63, 3.8) is 0 Å². The molecule has 106 valence electrons. The lowest BCUT2D eigenvalue weighted by atomic mass is 10.3. The van der Waals surface area contributed by atoms with Crippen LogP contribution < -0.4 is 5.32 Å². The number of rotatable bonds is 8. The number of benzene rings is 1. The Morgan fingerprint density at radius 3 is 2.68 bits per heavy atom. The molecule has 0 bridgehead atoms. The third-order valence-corrected chi connectivity index (χ3v) is 3.09. The van der Waals surface area contributed by atoms with Crippen LogP contribution in [0.15, 0.2) is 24.3 Å². The molecule has 2 N–H and O–H groups in total. The number of halogens is 1. The number of carbonyl (C=O) groups excluding carboxylic acids is 1. The highest BCUT2D eigenvalue weighted by Crippen LogP contribution is 2.20. The molecule has 1 rings (SSSR count). The zero-order chi connectivity index (χ0) is 14.1. The minimum atomic E-state index is -0.0628. The van der Waals surface area contributed by atoms with E-state index in [2.05, 4.69) is 17.1 Å². The standard InChI is InChI=1S/C14H21ClN2O2/c1-2-8-17(10-11-18)9-7-14(19)16-13-6-4-3-5-12(13)15/h3-6,18H,2,7-11H2,1H3,(H,16,19). The Balaban J connectivity index is 2.40. The second-order valence-corrected chi connectivity index (χ2v) is 4.75. The van der Waals surface area contributed by atoms with E-state index in [4.69, 9.17) is 16.7 Å². The van der Waals surface area contributed by atoms with Crippen molar-refractivity contribution >= 4 is 23.2 Å². The molecule has 1 aromatic rings. The van der Waals surface area contributed by atoms with Crippen LogP contribution in [-0.4, -0.2) is 42.2 Å². The molecule has 0 aliphatic rings. The highest BCUT2D eigenvalue weighted by molar-refractivity contribution is 6.33.